The highest BCUT2D eigenvalue weighted by atomic mass is 32.1. The third-order valence-electron chi connectivity index (χ3n) is 2.32. The highest BCUT2D eigenvalue weighted by Gasteiger charge is 2.28. The van der Waals surface area contributed by atoms with Gasteiger partial charge in [-0.3, -0.25) is 0 Å². The van der Waals surface area contributed by atoms with Crippen LogP contribution in [0.3, 0.4) is 0 Å². The van der Waals surface area contributed by atoms with Gasteiger partial charge in [-0.15, -0.1) is 0 Å². The molecule has 0 bridgehead atoms. The van der Waals surface area contributed by atoms with Gasteiger partial charge in [0, 0.05) is 31.0 Å². The molecule has 0 amide bonds. The molecule has 84 valence electrons. The van der Waals surface area contributed by atoms with Crippen molar-refractivity contribution in [3.63, 3.8) is 0 Å². The molecule has 15 heavy (non-hydrogen) atoms. The monoisotopic (exact) mass is 227 g/mol. The molecule has 1 heterocycles. The fourth-order valence-electron chi connectivity index (χ4n) is 1.54. The van der Waals surface area contributed by atoms with Crippen molar-refractivity contribution in [2.45, 2.75) is 38.2 Å². The van der Waals surface area contributed by atoms with E-state index in [2.05, 4.69) is 9.36 Å². The number of hydrogen-bond donors (Lipinski definition) is 1. The minimum Gasteiger partial charge on any atom is -0.389 e. The molecule has 0 atom stereocenters. The molecule has 1 aliphatic carbocycles. The second-order valence-electron chi connectivity index (χ2n) is 4.88. The maximum absolute atomic E-state index is 9.69. The zero-order valence-electron chi connectivity index (χ0n) is 9.40. The average molecular weight is 227 g/mol. The Kier molecular flexibility index (Phi) is 2.68. The predicted molar refractivity (Wildman–Crippen MR) is 61.5 cm³/mol. The van der Waals surface area contributed by atoms with E-state index >= 15 is 0 Å². The Morgan fingerprint density at radius 1 is 1.53 bits per heavy atom. The van der Waals surface area contributed by atoms with Gasteiger partial charge in [-0.05, 0) is 26.7 Å². The molecule has 0 radical (unpaired) electrons. The molecule has 0 unspecified atom stereocenters. The van der Waals surface area contributed by atoms with Crippen molar-refractivity contribution in [3.05, 3.63) is 5.82 Å². The molecule has 0 spiro atoms. The van der Waals surface area contributed by atoms with Gasteiger partial charge in [0.25, 0.3) is 0 Å². The molecule has 1 N–H and O–H groups in total. The van der Waals surface area contributed by atoms with Crippen molar-refractivity contribution in [3.8, 4) is 0 Å². The first-order valence-corrected chi connectivity index (χ1v) is 6.00. The molecule has 0 aliphatic heterocycles. The maximum Gasteiger partial charge on any atom is 0.205 e. The molecular formula is C10H17N3OS. The standard InChI is InChI=1S/C10H17N3OS/c1-10(2,14)6-13(3)9-11-8(12-15-9)7-4-5-7/h7,14H,4-6H2,1-3H3. The summed E-state index contributed by atoms with van der Waals surface area (Å²) in [7, 11) is 1.94. The van der Waals surface area contributed by atoms with Crippen LogP contribution in [-0.4, -0.2) is 33.7 Å². The summed E-state index contributed by atoms with van der Waals surface area (Å²) in [6.07, 6.45) is 2.46. The smallest absolute Gasteiger partial charge is 0.205 e. The minimum absolute atomic E-state index is 0.576. The Balaban J connectivity index is 2.01. The SMILES string of the molecule is CN(CC(C)(C)O)c1nc(C2CC2)ns1. The van der Waals surface area contributed by atoms with Crippen LogP contribution in [0.15, 0.2) is 0 Å². The van der Waals surface area contributed by atoms with Crippen LogP contribution in [0.25, 0.3) is 0 Å². The van der Waals surface area contributed by atoms with Gasteiger partial charge in [0.2, 0.25) is 5.13 Å². The van der Waals surface area contributed by atoms with Crippen molar-refractivity contribution >= 4 is 16.7 Å². The van der Waals surface area contributed by atoms with Gasteiger partial charge < -0.3 is 10.0 Å². The number of nitrogens with zero attached hydrogens (tertiary/aromatic N) is 3. The van der Waals surface area contributed by atoms with Crippen LogP contribution >= 0.6 is 11.5 Å². The van der Waals surface area contributed by atoms with Gasteiger partial charge in [-0.2, -0.15) is 4.37 Å². The van der Waals surface area contributed by atoms with E-state index in [0.29, 0.717) is 12.5 Å². The first kappa shape index (κ1) is 10.8. The van der Waals surface area contributed by atoms with Crippen LogP contribution in [-0.2, 0) is 0 Å². The minimum atomic E-state index is -0.694. The Bertz CT molecular complexity index is 341. The quantitative estimate of drug-likeness (QED) is 0.849. The van der Waals surface area contributed by atoms with E-state index in [0.717, 1.165) is 11.0 Å². The van der Waals surface area contributed by atoms with E-state index in [1.54, 1.807) is 13.8 Å². The van der Waals surface area contributed by atoms with Gasteiger partial charge >= 0.3 is 0 Å². The molecule has 1 fully saturated rings. The third kappa shape index (κ3) is 2.89. The van der Waals surface area contributed by atoms with Crippen molar-refractivity contribution in [2.75, 3.05) is 18.5 Å². The van der Waals surface area contributed by atoms with E-state index < -0.39 is 5.60 Å². The van der Waals surface area contributed by atoms with Gasteiger partial charge in [0.1, 0.15) is 5.82 Å². The van der Waals surface area contributed by atoms with Crippen molar-refractivity contribution in [1.29, 1.82) is 0 Å². The molecule has 4 nitrogen and oxygen atoms in total. The first-order valence-electron chi connectivity index (χ1n) is 5.23. The molecular weight excluding hydrogens is 210 g/mol. The Hall–Kier alpha value is -0.680. The van der Waals surface area contributed by atoms with E-state index in [9.17, 15) is 5.11 Å². The number of aliphatic hydroxyl groups is 1. The lowest BCUT2D eigenvalue weighted by Crippen LogP contribution is -2.36. The molecule has 5 heteroatoms. The summed E-state index contributed by atoms with van der Waals surface area (Å²) in [5, 5.41) is 10.6. The lowest BCUT2D eigenvalue weighted by molar-refractivity contribution is 0.0886. The number of likely N-dealkylation sites (N-methyl/N-ethyl adjacent to an activating group) is 1. The van der Waals surface area contributed by atoms with Crippen LogP contribution in [0.5, 0.6) is 0 Å². The van der Waals surface area contributed by atoms with Gasteiger partial charge in [-0.1, -0.05) is 0 Å². The summed E-state index contributed by atoms with van der Waals surface area (Å²) in [5.41, 5.74) is -0.694. The van der Waals surface area contributed by atoms with Gasteiger partial charge in [0.05, 0.1) is 5.60 Å². The van der Waals surface area contributed by atoms with Crippen LogP contribution in [0.4, 0.5) is 5.13 Å². The topological polar surface area (TPSA) is 49.2 Å². The van der Waals surface area contributed by atoms with E-state index in [1.165, 1.54) is 24.4 Å². The zero-order valence-corrected chi connectivity index (χ0v) is 10.2. The van der Waals surface area contributed by atoms with E-state index in [4.69, 9.17) is 0 Å². The largest absolute Gasteiger partial charge is 0.389 e. The van der Waals surface area contributed by atoms with Crippen LogP contribution < -0.4 is 4.90 Å². The maximum atomic E-state index is 9.69. The summed E-state index contributed by atoms with van der Waals surface area (Å²) in [6.45, 7) is 4.17. The number of aromatic nitrogens is 2. The number of hydrogen-bond acceptors (Lipinski definition) is 5. The Labute approximate surface area is 94.1 Å². The van der Waals surface area contributed by atoms with Crippen molar-refractivity contribution in [2.24, 2.45) is 0 Å². The molecule has 2 rings (SSSR count). The normalized spacial score (nSPS) is 16.8. The number of anilines is 1. The summed E-state index contributed by atoms with van der Waals surface area (Å²) < 4.78 is 4.34. The second-order valence-corrected chi connectivity index (χ2v) is 5.61. The number of rotatable bonds is 4. The molecule has 0 saturated heterocycles. The Morgan fingerprint density at radius 2 is 2.20 bits per heavy atom. The van der Waals surface area contributed by atoms with Crippen LogP contribution in [0.2, 0.25) is 0 Å². The highest BCUT2D eigenvalue weighted by Crippen LogP contribution is 2.39. The summed E-state index contributed by atoms with van der Waals surface area (Å²) in [4.78, 5) is 6.44. The summed E-state index contributed by atoms with van der Waals surface area (Å²) >= 11 is 1.42. The molecule has 1 aliphatic rings. The summed E-state index contributed by atoms with van der Waals surface area (Å²) in [5.74, 6) is 1.59. The van der Waals surface area contributed by atoms with Gasteiger partial charge in [-0.25, -0.2) is 4.98 Å². The lowest BCUT2D eigenvalue weighted by atomic mass is 10.1. The van der Waals surface area contributed by atoms with Crippen LogP contribution in [0.1, 0.15) is 38.4 Å². The second kappa shape index (κ2) is 3.72. The molecule has 1 aromatic rings. The Morgan fingerprint density at radius 3 is 2.73 bits per heavy atom. The molecule has 1 saturated carbocycles. The molecule has 1 aromatic heterocycles. The highest BCUT2D eigenvalue weighted by molar-refractivity contribution is 7.09. The predicted octanol–water partition coefficient (Wildman–Crippen LogP) is 1.62. The van der Waals surface area contributed by atoms with E-state index in [1.807, 2.05) is 11.9 Å². The fraction of sp³-hybridized carbons (Fsp3) is 0.800. The van der Waals surface area contributed by atoms with Gasteiger partial charge in [0.15, 0.2) is 0 Å². The third-order valence-corrected chi connectivity index (χ3v) is 3.17. The first-order chi connectivity index (χ1) is 6.96. The van der Waals surface area contributed by atoms with Crippen molar-refractivity contribution in [1.82, 2.24) is 9.36 Å². The fourth-order valence-corrected chi connectivity index (χ4v) is 2.24. The molecule has 0 aromatic carbocycles. The van der Waals surface area contributed by atoms with E-state index in [-0.39, 0.29) is 0 Å². The average Bonchev–Trinajstić information content (AvgIpc) is 2.81. The van der Waals surface area contributed by atoms with Crippen molar-refractivity contribution < 1.29 is 5.11 Å². The van der Waals surface area contributed by atoms with Crippen LogP contribution in [0, 0.1) is 0 Å². The zero-order chi connectivity index (χ0) is 11.1. The summed E-state index contributed by atoms with van der Waals surface area (Å²) in [6, 6.07) is 0. The lowest BCUT2D eigenvalue weighted by Gasteiger charge is -2.24.